The van der Waals surface area contributed by atoms with E-state index in [2.05, 4.69) is 25.5 Å². The number of hydrogen-bond acceptors (Lipinski definition) is 4. The lowest BCUT2D eigenvalue weighted by Crippen LogP contribution is -2.23. The predicted octanol–water partition coefficient (Wildman–Crippen LogP) is 2.24. The van der Waals surface area contributed by atoms with Crippen molar-refractivity contribution in [2.75, 3.05) is 0 Å². The third kappa shape index (κ3) is 2.98. The molecule has 2 heterocycles. The number of nitrogens with one attached hydrogen (secondary N) is 3. The normalized spacial score (nSPS) is 10.8. The molecule has 3 N–H and O–H groups in total. The standard InChI is InChI=1S/C19H15N5O2/c25-18(13-5-3-4-12(8-13)17-22-11-23-24-17)20-9-14-10-21-19(26)16-7-2-1-6-15(14)16/h1-8,10-11H,9H2,(H,20,25)(H,21,26)(H,22,23,24). The van der Waals surface area contributed by atoms with E-state index in [0.29, 0.717) is 23.3 Å². The number of carbonyl (C=O) groups is 1. The Morgan fingerprint density at radius 1 is 1.08 bits per heavy atom. The molecule has 4 aromatic rings. The molecule has 0 aliphatic carbocycles. The van der Waals surface area contributed by atoms with Crippen LogP contribution in [0.5, 0.6) is 0 Å². The third-order valence-electron chi connectivity index (χ3n) is 4.15. The first-order valence-corrected chi connectivity index (χ1v) is 8.06. The molecular formula is C19H15N5O2. The summed E-state index contributed by atoms with van der Waals surface area (Å²) in [6, 6.07) is 14.5. The number of carbonyl (C=O) groups excluding carboxylic acids is 1. The topological polar surface area (TPSA) is 104 Å². The van der Waals surface area contributed by atoms with Crippen molar-refractivity contribution in [1.29, 1.82) is 0 Å². The van der Waals surface area contributed by atoms with E-state index >= 15 is 0 Å². The highest BCUT2D eigenvalue weighted by Gasteiger charge is 2.10. The second kappa shape index (κ2) is 6.64. The molecule has 4 rings (SSSR count). The minimum atomic E-state index is -0.207. The molecule has 0 saturated heterocycles. The second-order valence-electron chi connectivity index (χ2n) is 5.79. The number of pyridine rings is 1. The molecule has 0 aliphatic heterocycles. The number of fused-ring (bicyclic) bond motifs is 1. The average molecular weight is 345 g/mol. The highest BCUT2D eigenvalue weighted by molar-refractivity contribution is 5.95. The maximum absolute atomic E-state index is 12.5. The molecule has 0 radical (unpaired) electrons. The molecular weight excluding hydrogens is 330 g/mol. The Morgan fingerprint density at radius 2 is 1.92 bits per heavy atom. The summed E-state index contributed by atoms with van der Waals surface area (Å²) in [5.41, 5.74) is 2.01. The van der Waals surface area contributed by atoms with E-state index in [9.17, 15) is 9.59 Å². The van der Waals surface area contributed by atoms with Crippen molar-refractivity contribution in [3.05, 3.63) is 82.5 Å². The highest BCUT2D eigenvalue weighted by Crippen LogP contribution is 2.16. The van der Waals surface area contributed by atoms with Crippen LogP contribution in [-0.2, 0) is 6.54 Å². The van der Waals surface area contributed by atoms with E-state index in [0.717, 1.165) is 16.5 Å². The predicted molar refractivity (Wildman–Crippen MR) is 97.6 cm³/mol. The van der Waals surface area contributed by atoms with Crippen LogP contribution in [0.25, 0.3) is 22.2 Å². The fourth-order valence-corrected chi connectivity index (χ4v) is 2.85. The van der Waals surface area contributed by atoms with Crippen molar-refractivity contribution in [3.63, 3.8) is 0 Å². The van der Waals surface area contributed by atoms with Gasteiger partial charge in [-0.3, -0.25) is 14.7 Å². The maximum Gasteiger partial charge on any atom is 0.255 e. The largest absolute Gasteiger partial charge is 0.348 e. The van der Waals surface area contributed by atoms with E-state index in [1.165, 1.54) is 6.33 Å². The van der Waals surface area contributed by atoms with Gasteiger partial charge in [0.25, 0.3) is 11.5 Å². The van der Waals surface area contributed by atoms with Gasteiger partial charge in [-0.1, -0.05) is 30.3 Å². The molecule has 0 bridgehead atoms. The van der Waals surface area contributed by atoms with Crippen molar-refractivity contribution in [3.8, 4) is 11.4 Å². The Morgan fingerprint density at radius 3 is 2.73 bits per heavy atom. The average Bonchev–Trinajstić information content (AvgIpc) is 3.22. The van der Waals surface area contributed by atoms with Crippen LogP contribution in [0.15, 0.2) is 65.8 Å². The van der Waals surface area contributed by atoms with Gasteiger partial charge in [0.1, 0.15) is 6.33 Å². The molecule has 0 atom stereocenters. The van der Waals surface area contributed by atoms with Gasteiger partial charge in [-0.2, -0.15) is 5.10 Å². The number of rotatable bonds is 4. The molecule has 7 nitrogen and oxygen atoms in total. The second-order valence-corrected chi connectivity index (χ2v) is 5.79. The molecule has 2 aromatic carbocycles. The van der Waals surface area contributed by atoms with Gasteiger partial charge in [0.05, 0.1) is 0 Å². The number of H-pyrrole nitrogens is 2. The summed E-state index contributed by atoms with van der Waals surface area (Å²) < 4.78 is 0. The minimum Gasteiger partial charge on any atom is -0.348 e. The molecule has 26 heavy (non-hydrogen) atoms. The lowest BCUT2D eigenvalue weighted by molar-refractivity contribution is 0.0951. The van der Waals surface area contributed by atoms with E-state index in [4.69, 9.17) is 0 Å². The minimum absolute atomic E-state index is 0.143. The Kier molecular flexibility index (Phi) is 4.03. The summed E-state index contributed by atoms with van der Waals surface area (Å²) in [6.45, 7) is 0.308. The van der Waals surface area contributed by atoms with Gasteiger partial charge in [-0.25, -0.2) is 4.98 Å². The van der Waals surface area contributed by atoms with Crippen LogP contribution in [0, 0.1) is 0 Å². The zero-order valence-corrected chi connectivity index (χ0v) is 13.7. The summed E-state index contributed by atoms with van der Waals surface area (Å²) in [5, 5.41) is 10.9. The van der Waals surface area contributed by atoms with Gasteiger partial charge in [-0.05, 0) is 29.1 Å². The summed E-state index contributed by atoms with van der Waals surface area (Å²) in [5.74, 6) is 0.396. The highest BCUT2D eigenvalue weighted by atomic mass is 16.1. The third-order valence-corrected chi connectivity index (χ3v) is 4.15. The smallest absolute Gasteiger partial charge is 0.255 e. The number of aromatic amines is 2. The van der Waals surface area contributed by atoms with Crippen molar-refractivity contribution in [2.45, 2.75) is 6.54 Å². The molecule has 128 valence electrons. The van der Waals surface area contributed by atoms with E-state index in [1.54, 1.807) is 30.5 Å². The van der Waals surface area contributed by atoms with Gasteiger partial charge in [0.15, 0.2) is 5.82 Å². The molecule has 2 aromatic heterocycles. The maximum atomic E-state index is 12.5. The Balaban J connectivity index is 1.56. The monoisotopic (exact) mass is 345 g/mol. The summed E-state index contributed by atoms with van der Waals surface area (Å²) in [7, 11) is 0. The number of benzene rings is 2. The number of nitrogens with zero attached hydrogens (tertiary/aromatic N) is 2. The number of hydrogen-bond donors (Lipinski definition) is 3. The van der Waals surface area contributed by atoms with Crippen LogP contribution in [-0.4, -0.2) is 26.1 Å². The molecule has 0 aliphatic rings. The van der Waals surface area contributed by atoms with Crippen LogP contribution >= 0.6 is 0 Å². The zero-order chi connectivity index (χ0) is 17.9. The summed E-state index contributed by atoms with van der Waals surface area (Å²) in [4.78, 5) is 31.2. The van der Waals surface area contributed by atoms with Crippen LogP contribution < -0.4 is 10.9 Å². The van der Waals surface area contributed by atoms with Gasteiger partial charge in [-0.15, -0.1) is 0 Å². The van der Waals surface area contributed by atoms with Crippen LogP contribution in [0.1, 0.15) is 15.9 Å². The first-order valence-electron chi connectivity index (χ1n) is 8.06. The molecule has 0 spiro atoms. The van der Waals surface area contributed by atoms with Crippen molar-refractivity contribution in [1.82, 2.24) is 25.5 Å². The number of aromatic nitrogens is 4. The van der Waals surface area contributed by atoms with Crippen molar-refractivity contribution in [2.24, 2.45) is 0 Å². The van der Waals surface area contributed by atoms with Crippen molar-refractivity contribution < 1.29 is 4.79 Å². The Bertz CT molecular complexity index is 1130. The molecule has 0 fully saturated rings. The van der Waals surface area contributed by atoms with Gasteiger partial charge in [0.2, 0.25) is 0 Å². The zero-order valence-electron chi connectivity index (χ0n) is 13.7. The fraction of sp³-hybridized carbons (Fsp3) is 0.0526. The first-order chi connectivity index (χ1) is 12.7. The van der Waals surface area contributed by atoms with E-state index in [1.807, 2.05) is 24.3 Å². The van der Waals surface area contributed by atoms with Crippen LogP contribution in [0.3, 0.4) is 0 Å². The molecule has 0 saturated carbocycles. The molecule has 7 heteroatoms. The number of amides is 1. The van der Waals surface area contributed by atoms with Crippen LogP contribution in [0.2, 0.25) is 0 Å². The van der Waals surface area contributed by atoms with Gasteiger partial charge < -0.3 is 10.3 Å². The lowest BCUT2D eigenvalue weighted by atomic mass is 10.1. The Hall–Kier alpha value is -3.74. The first kappa shape index (κ1) is 15.8. The van der Waals surface area contributed by atoms with Crippen molar-refractivity contribution >= 4 is 16.7 Å². The lowest BCUT2D eigenvalue weighted by Gasteiger charge is -2.09. The van der Waals surface area contributed by atoms with Gasteiger partial charge >= 0.3 is 0 Å². The summed E-state index contributed by atoms with van der Waals surface area (Å²) >= 11 is 0. The van der Waals surface area contributed by atoms with Gasteiger partial charge in [0, 0.05) is 29.3 Å². The van der Waals surface area contributed by atoms with E-state index < -0.39 is 0 Å². The Labute approximate surface area is 148 Å². The SMILES string of the molecule is O=C(NCc1c[nH]c(=O)c2ccccc12)c1cccc(-c2ncn[nH]2)c1. The fourth-order valence-electron chi connectivity index (χ4n) is 2.85. The van der Waals surface area contributed by atoms with E-state index in [-0.39, 0.29) is 11.5 Å². The molecule has 1 amide bonds. The molecule has 0 unspecified atom stereocenters. The summed E-state index contributed by atoms with van der Waals surface area (Å²) in [6.07, 6.45) is 3.05. The van der Waals surface area contributed by atoms with Crippen LogP contribution in [0.4, 0.5) is 0 Å². The quantitative estimate of drug-likeness (QED) is 0.528.